The predicted molar refractivity (Wildman–Crippen MR) is 134 cm³/mol. The fourth-order valence-electron chi connectivity index (χ4n) is 3.51. The van der Waals surface area contributed by atoms with Gasteiger partial charge in [0.2, 0.25) is 0 Å². The number of rotatable bonds is 6. The lowest BCUT2D eigenvalue weighted by Crippen LogP contribution is -2.30. The quantitative estimate of drug-likeness (QED) is 0.247. The molecule has 1 amide bonds. The minimum absolute atomic E-state index is 0.0586. The molecule has 33 heavy (non-hydrogen) atoms. The van der Waals surface area contributed by atoms with Gasteiger partial charge < -0.3 is 10.4 Å². The molecule has 0 aliphatic rings. The van der Waals surface area contributed by atoms with Crippen LogP contribution in [0.5, 0.6) is 5.75 Å². The van der Waals surface area contributed by atoms with E-state index < -0.39 is 0 Å². The van der Waals surface area contributed by atoms with E-state index in [-0.39, 0.29) is 28.9 Å². The van der Waals surface area contributed by atoms with Crippen molar-refractivity contribution in [3.8, 4) is 5.75 Å². The zero-order valence-electron chi connectivity index (χ0n) is 18.6. The van der Waals surface area contributed by atoms with Crippen LogP contribution in [-0.2, 0) is 0 Å². The molecule has 5 heteroatoms. The van der Waals surface area contributed by atoms with Gasteiger partial charge in [-0.25, -0.2) is 0 Å². The maximum absolute atomic E-state index is 12.7. The normalized spacial score (nSPS) is 11.6. The summed E-state index contributed by atoms with van der Waals surface area (Å²) < 4.78 is 0. The summed E-state index contributed by atoms with van der Waals surface area (Å²) in [5.74, 6) is -0.538. The lowest BCUT2D eigenvalue weighted by atomic mass is 10.0. The molecule has 0 fully saturated rings. The van der Waals surface area contributed by atoms with Gasteiger partial charge in [-0.1, -0.05) is 84.9 Å². The van der Waals surface area contributed by atoms with Crippen LogP contribution in [0.1, 0.15) is 35.3 Å². The Hall–Kier alpha value is -4.25. The average Bonchev–Trinajstić information content (AvgIpc) is 2.82. The van der Waals surface area contributed by atoms with E-state index in [0.29, 0.717) is 5.69 Å². The monoisotopic (exact) mass is 435 g/mol. The fourth-order valence-corrected chi connectivity index (χ4v) is 3.51. The summed E-state index contributed by atoms with van der Waals surface area (Å²) >= 11 is 0. The highest BCUT2D eigenvalue weighted by atomic mass is 16.3. The van der Waals surface area contributed by atoms with Crippen molar-refractivity contribution in [3.05, 3.63) is 102 Å². The van der Waals surface area contributed by atoms with E-state index in [1.807, 2.05) is 105 Å². The zero-order chi connectivity index (χ0) is 23.2. The van der Waals surface area contributed by atoms with E-state index >= 15 is 0 Å². The Morgan fingerprint density at radius 2 is 1.58 bits per heavy atom. The second kappa shape index (κ2) is 9.92. The standard InChI is InChI=1S/C28H25N3O2/c1-19(2)29-28(33)24-18-22-13-6-8-14-23(22)26(27(24)32)31-30-25-15-9-7-12-21(25)17-16-20-10-4-3-5-11-20/h3-19,32H,1-2H3,(H,29,33). The van der Waals surface area contributed by atoms with Crippen molar-refractivity contribution in [2.75, 3.05) is 0 Å². The Morgan fingerprint density at radius 1 is 0.879 bits per heavy atom. The molecular formula is C28H25N3O2. The molecule has 0 heterocycles. The summed E-state index contributed by atoms with van der Waals surface area (Å²) in [5.41, 5.74) is 3.07. The van der Waals surface area contributed by atoms with E-state index in [4.69, 9.17) is 0 Å². The number of phenolic OH excluding ortho intramolecular Hbond substituents is 1. The predicted octanol–water partition coefficient (Wildman–Crippen LogP) is 7.27. The van der Waals surface area contributed by atoms with E-state index in [2.05, 4.69) is 15.5 Å². The molecule has 0 saturated carbocycles. The summed E-state index contributed by atoms with van der Waals surface area (Å²) in [5, 5.41) is 24.1. The molecule has 0 aliphatic carbocycles. The number of carbonyl (C=O) groups is 1. The topological polar surface area (TPSA) is 74.0 Å². The summed E-state index contributed by atoms with van der Waals surface area (Å²) in [6.07, 6.45) is 3.99. The van der Waals surface area contributed by atoms with Crippen molar-refractivity contribution in [1.29, 1.82) is 0 Å². The number of amides is 1. The third kappa shape index (κ3) is 5.15. The molecule has 4 aromatic rings. The van der Waals surface area contributed by atoms with Gasteiger partial charge in [0.15, 0.2) is 5.75 Å². The van der Waals surface area contributed by atoms with Crippen molar-refractivity contribution in [2.45, 2.75) is 19.9 Å². The Balaban J connectivity index is 1.75. The van der Waals surface area contributed by atoms with Gasteiger partial charge in [0.25, 0.3) is 5.91 Å². The number of hydrogen-bond acceptors (Lipinski definition) is 4. The van der Waals surface area contributed by atoms with Crippen LogP contribution < -0.4 is 5.32 Å². The Morgan fingerprint density at radius 3 is 2.36 bits per heavy atom. The van der Waals surface area contributed by atoms with Gasteiger partial charge in [-0.3, -0.25) is 4.79 Å². The van der Waals surface area contributed by atoms with Crippen LogP contribution in [0.25, 0.3) is 22.9 Å². The molecule has 0 atom stereocenters. The van der Waals surface area contributed by atoms with Crippen LogP contribution in [0.4, 0.5) is 11.4 Å². The summed E-state index contributed by atoms with van der Waals surface area (Å²) in [7, 11) is 0. The van der Waals surface area contributed by atoms with Crippen molar-refractivity contribution in [3.63, 3.8) is 0 Å². The number of aromatic hydroxyl groups is 1. The smallest absolute Gasteiger partial charge is 0.255 e. The highest BCUT2D eigenvalue weighted by Gasteiger charge is 2.18. The summed E-state index contributed by atoms with van der Waals surface area (Å²) in [4.78, 5) is 12.7. The third-order valence-electron chi connectivity index (χ3n) is 5.11. The first-order valence-corrected chi connectivity index (χ1v) is 10.8. The fraction of sp³-hybridized carbons (Fsp3) is 0.107. The first-order chi connectivity index (χ1) is 16.0. The Kier molecular flexibility index (Phi) is 6.60. The molecule has 0 aromatic heterocycles. The van der Waals surface area contributed by atoms with Crippen LogP contribution in [0, 0.1) is 0 Å². The molecule has 164 valence electrons. The summed E-state index contributed by atoms with van der Waals surface area (Å²) in [6, 6.07) is 26.8. The molecule has 2 N–H and O–H groups in total. The molecule has 0 spiro atoms. The number of nitrogens with zero attached hydrogens (tertiary/aromatic N) is 2. The number of phenols is 1. The van der Waals surface area contributed by atoms with Crippen molar-refractivity contribution in [2.24, 2.45) is 10.2 Å². The van der Waals surface area contributed by atoms with E-state index in [0.717, 1.165) is 21.9 Å². The van der Waals surface area contributed by atoms with Gasteiger partial charge in [0, 0.05) is 17.0 Å². The van der Waals surface area contributed by atoms with Gasteiger partial charge >= 0.3 is 0 Å². The number of azo groups is 1. The number of hydrogen-bond donors (Lipinski definition) is 2. The van der Waals surface area contributed by atoms with E-state index in [1.165, 1.54) is 0 Å². The molecule has 4 rings (SSSR count). The van der Waals surface area contributed by atoms with Crippen LogP contribution in [0.15, 0.2) is 95.2 Å². The number of carbonyl (C=O) groups excluding carboxylic acids is 1. The van der Waals surface area contributed by atoms with Gasteiger partial charge in [0.1, 0.15) is 5.69 Å². The number of fused-ring (bicyclic) bond motifs is 1. The molecule has 5 nitrogen and oxygen atoms in total. The summed E-state index contributed by atoms with van der Waals surface area (Å²) in [6.45, 7) is 3.74. The van der Waals surface area contributed by atoms with Gasteiger partial charge in [-0.2, -0.15) is 0 Å². The van der Waals surface area contributed by atoms with E-state index in [9.17, 15) is 9.90 Å². The molecule has 0 radical (unpaired) electrons. The maximum Gasteiger partial charge on any atom is 0.255 e. The third-order valence-corrected chi connectivity index (χ3v) is 5.11. The van der Waals surface area contributed by atoms with Gasteiger partial charge in [-0.15, -0.1) is 10.2 Å². The highest BCUT2D eigenvalue weighted by Crippen LogP contribution is 2.39. The molecule has 4 aromatic carbocycles. The largest absolute Gasteiger partial charge is 0.505 e. The Bertz CT molecular complexity index is 1340. The Labute approximate surface area is 193 Å². The molecule has 0 unspecified atom stereocenters. The van der Waals surface area contributed by atoms with Crippen molar-refractivity contribution >= 4 is 40.2 Å². The van der Waals surface area contributed by atoms with Gasteiger partial charge in [-0.05, 0) is 36.9 Å². The molecule has 0 aliphatic heterocycles. The second-order valence-electron chi connectivity index (χ2n) is 7.97. The highest BCUT2D eigenvalue weighted by molar-refractivity contribution is 6.06. The zero-order valence-corrected chi connectivity index (χ0v) is 18.6. The maximum atomic E-state index is 12.7. The van der Waals surface area contributed by atoms with Gasteiger partial charge in [0.05, 0.1) is 11.3 Å². The minimum Gasteiger partial charge on any atom is -0.505 e. The van der Waals surface area contributed by atoms with Crippen LogP contribution >= 0.6 is 0 Å². The lowest BCUT2D eigenvalue weighted by molar-refractivity contribution is 0.0940. The molecule has 0 bridgehead atoms. The van der Waals surface area contributed by atoms with Crippen LogP contribution in [0.3, 0.4) is 0 Å². The van der Waals surface area contributed by atoms with E-state index in [1.54, 1.807) is 6.07 Å². The number of nitrogens with one attached hydrogen (secondary N) is 1. The number of benzene rings is 4. The molecular weight excluding hydrogens is 410 g/mol. The lowest BCUT2D eigenvalue weighted by Gasteiger charge is -2.12. The first kappa shape index (κ1) is 22.0. The first-order valence-electron chi connectivity index (χ1n) is 10.8. The second-order valence-corrected chi connectivity index (χ2v) is 7.97. The SMILES string of the molecule is CC(C)NC(=O)c1cc2ccccc2c(N=Nc2ccccc2C=Cc2ccccc2)c1O. The van der Waals surface area contributed by atoms with Crippen molar-refractivity contribution in [1.82, 2.24) is 5.32 Å². The van der Waals surface area contributed by atoms with Crippen LogP contribution in [-0.4, -0.2) is 17.1 Å². The average molecular weight is 436 g/mol. The minimum atomic E-state index is -0.351. The molecule has 0 saturated heterocycles. The van der Waals surface area contributed by atoms with Crippen LogP contribution in [0.2, 0.25) is 0 Å². The van der Waals surface area contributed by atoms with Crippen molar-refractivity contribution < 1.29 is 9.90 Å².